The fourth-order valence-corrected chi connectivity index (χ4v) is 4.04. The standard InChI is InChI=1S/C16H12O2S/c17-11-5-6-12-13-9-18-14-4-2-1-3-10(14)7-15(13)19-16(12)8-11/h1-9,12,16-17H. The number of aliphatic hydroxyl groups is 1. The number of aliphatic hydroxyl groups excluding tert-OH is 1. The smallest absolute Gasteiger partial charge is 0.133 e. The molecule has 0 radical (unpaired) electrons. The molecule has 1 aromatic carbocycles. The minimum atomic E-state index is 0.274. The van der Waals surface area contributed by atoms with Crippen molar-refractivity contribution >= 4 is 17.8 Å². The third-order valence-corrected chi connectivity index (χ3v) is 4.90. The highest BCUT2D eigenvalue weighted by Gasteiger charge is 2.36. The molecule has 1 aromatic rings. The maximum Gasteiger partial charge on any atom is 0.133 e. The second-order valence-electron chi connectivity index (χ2n) is 4.80. The molecule has 1 aliphatic carbocycles. The van der Waals surface area contributed by atoms with E-state index in [1.54, 1.807) is 17.8 Å². The van der Waals surface area contributed by atoms with Crippen molar-refractivity contribution in [3.05, 3.63) is 70.6 Å². The first kappa shape index (κ1) is 11.0. The molecule has 0 saturated carbocycles. The molecule has 2 aliphatic heterocycles. The molecule has 3 heteroatoms. The first-order valence-corrected chi connectivity index (χ1v) is 7.13. The monoisotopic (exact) mass is 268 g/mol. The lowest BCUT2D eigenvalue weighted by Gasteiger charge is -2.15. The fourth-order valence-electron chi connectivity index (χ4n) is 2.64. The summed E-state index contributed by atoms with van der Waals surface area (Å²) in [5, 5.41) is 9.87. The van der Waals surface area contributed by atoms with Crippen LogP contribution in [0.5, 0.6) is 5.75 Å². The molecule has 2 atom stereocenters. The quantitative estimate of drug-likeness (QED) is 0.769. The number of rotatable bonds is 0. The Balaban J connectivity index is 1.81. The average molecular weight is 268 g/mol. The van der Waals surface area contributed by atoms with Gasteiger partial charge < -0.3 is 9.84 Å². The minimum absolute atomic E-state index is 0.274. The number of hydrogen-bond donors (Lipinski definition) is 1. The van der Waals surface area contributed by atoms with Crippen LogP contribution >= 0.6 is 11.8 Å². The van der Waals surface area contributed by atoms with Gasteiger partial charge in [-0.05, 0) is 24.3 Å². The number of thioether (sulfide) groups is 1. The van der Waals surface area contributed by atoms with Crippen LogP contribution in [0.2, 0.25) is 0 Å². The van der Waals surface area contributed by atoms with Crippen LogP contribution in [-0.2, 0) is 0 Å². The first-order chi connectivity index (χ1) is 9.31. The zero-order valence-electron chi connectivity index (χ0n) is 10.1. The second-order valence-corrected chi connectivity index (χ2v) is 6.02. The van der Waals surface area contributed by atoms with Crippen LogP contribution in [0.4, 0.5) is 0 Å². The Hall–Kier alpha value is -1.87. The van der Waals surface area contributed by atoms with E-state index in [9.17, 15) is 5.11 Å². The molecule has 1 saturated heterocycles. The third kappa shape index (κ3) is 1.73. The Morgan fingerprint density at radius 1 is 1.21 bits per heavy atom. The predicted octanol–water partition coefficient (Wildman–Crippen LogP) is 4.05. The summed E-state index contributed by atoms with van der Waals surface area (Å²) in [4.78, 5) is 1.23. The summed E-state index contributed by atoms with van der Waals surface area (Å²) in [5.41, 5.74) is 2.30. The number of hydrogen-bond acceptors (Lipinski definition) is 3. The maximum absolute atomic E-state index is 9.59. The van der Waals surface area contributed by atoms with Crippen LogP contribution in [0.25, 0.3) is 6.08 Å². The van der Waals surface area contributed by atoms with Crippen LogP contribution in [0.1, 0.15) is 5.56 Å². The van der Waals surface area contributed by atoms with Gasteiger partial charge >= 0.3 is 0 Å². The summed E-state index contributed by atoms with van der Waals surface area (Å²) < 4.78 is 5.79. The first-order valence-electron chi connectivity index (χ1n) is 6.25. The lowest BCUT2D eigenvalue weighted by molar-refractivity contribution is 0.424. The summed E-state index contributed by atoms with van der Waals surface area (Å²) in [7, 11) is 0. The van der Waals surface area contributed by atoms with E-state index in [2.05, 4.69) is 18.2 Å². The lowest BCUT2D eigenvalue weighted by Crippen LogP contribution is -2.12. The van der Waals surface area contributed by atoms with Gasteiger partial charge in [-0.2, -0.15) is 0 Å². The molecule has 0 spiro atoms. The molecular weight excluding hydrogens is 256 g/mol. The highest BCUT2D eigenvalue weighted by Crippen LogP contribution is 2.50. The van der Waals surface area contributed by atoms with Crippen LogP contribution < -0.4 is 4.74 Å². The van der Waals surface area contributed by atoms with E-state index in [-0.39, 0.29) is 5.25 Å². The van der Waals surface area contributed by atoms with Crippen LogP contribution in [0.3, 0.4) is 0 Å². The predicted molar refractivity (Wildman–Crippen MR) is 77.9 cm³/mol. The van der Waals surface area contributed by atoms with Gasteiger partial charge in [0.15, 0.2) is 0 Å². The number of fused-ring (bicyclic) bond motifs is 4. The molecule has 1 fully saturated rings. The van der Waals surface area contributed by atoms with Gasteiger partial charge in [0.05, 0.1) is 6.26 Å². The van der Waals surface area contributed by atoms with Crippen molar-refractivity contribution < 1.29 is 9.84 Å². The summed E-state index contributed by atoms with van der Waals surface area (Å²) in [5.74, 6) is 1.54. The molecular formula is C16H12O2S. The van der Waals surface area contributed by atoms with Gasteiger partial charge in [0.25, 0.3) is 0 Å². The molecule has 2 unspecified atom stereocenters. The summed E-state index contributed by atoms with van der Waals surface area (Å²) in [6.07, 6.45) is 9.77. The highest BCUT2D eigenvalue weighted by atomic mass is 32.2. The maximum atomic E-state index is 9.59. The molecule has 94 valence electrons. The van der Waals surface area contributed by atoms with E-state index in [1.807, 2.05) is 30.5 Å². The SMILES string of the molecule is OC1=CC2SC3=Cc4ccccc4OC=C3C2C=C1. The summed E-state index contributed by atoms with van der Waals surface area (Å²) in [6.45, 7) is 0. The highest BCUT2D eigenvalue weighted by molar-refractivity contribution is 8.04. The number of allylic oxidation sites excluding steroid dienone is 3. The zero-order chi connectivity index (χ0) is 12.8. The van der Waals surface area contributed by atoms with E-state index in [0.717, 1.165) is 11.3 Å². The van der Waals surface area contributed by atoms with Gasteiger partial charge in [-0.25, -0.2) is 0 Å². The fraction of sp³-hybridized carbons (Fsp3) is 0.125. The van der Waals surface area contributed by atoms with Crippen molar-refractivity contribution in [1.29, 1.82) is 0 Å². The molecule has 0 aromatic heterocycles. The zero-order valence-corrected chi connectivity index (χ0v) is 10.9. The van der Waals surface area contributed by atoms with Crippen molar-refractivity contribution in [3.63, 3.8) is 0 Å². The third-order valence-electron chi connectivity index (χ3n) is 3.59. The lowest BCUT2D eigenvalue weighted by atomic mass is 9.92. The van der Waals surface area contributed by atoms with E-state index in [4.69, 9.17) is 4.74 Å². The van der Waals surface area contributed by atoms with Gasteiger partial charge in [-0.1, -0.05) is 24.3 Å². The number of para-hydroxylation sites is 1. The van der Waals surface area contributed by atoms with Crippen molar-refractivity contribution in [2.24, 2.45) is 5.92 Å². The van der Waals surface area contributed by atoms with E-state index < -0.39 is 0 Å². The van der Waals surface area contributed by atoms with Crippen LogP contribution in [0, 0.1) is 5.92 Å². The second kappa shape index (κ2) is 4.07. The Morgan fingerprint density at radius 2 is 2.11 bits per heavy atom. The molecule has 19 heavy (non-hydrogen) atoms. The van der Waals surface area contributed by atoms with Crippen molar-refractivity contribution in [1.82, 2.24) is 0 Å². The summed E-state index contributed by atoms with van der Waals surface area (Å²) >= 11 is 1.78. The van der Waals surface area contributed by atoms with Gasteiger partial charge in [-0.3, -0.25) is 0 Å². The van der Waals surface area contributed by atoms with Crippen molar-refractivity contribution in [2.45, 2.75) is 5.25 Å². The van der Waals surface area contributed by atoms with Gasteiger partial charge in [-0.15, -0.1) is 11.8 Å². The molecule has 2 nitrogen and oxygen atoms in total. The molecule has 4 rings (SSSR count). The van der Waals surface area contributed by atoms with Gasteiger partial charge in [0, 0.05) is 27.2 Å². The van der Waals surface area contributed by atoms with Gasteiger partial charge in [0.2, 0.25) is 0 Å². The molecule has 2 heterocycles. The largest absolute Gasteiger partial charge is 0.508 e. The Bertz CT molecular complexity index is 667. The molecule has 0 amide bonds. The van der Waals surface area contributed by atoms with Crippen LogP contribution in [-0.4, -0.2) is 10.4 Å². The molecule has 1 N–H and O–H groups in total. The van der Waals surface area contributed by atoms with Crippen LogP contribution in [0.15, 0.2) is 65.0 Å². The Kier molecular flexibility index (Phi) is 2.35. The summed E-state index contributed by atoms with van der Waals surface area (Å²) in [6, 6.07) is 8.04. The number of benzene rings is 1. The van der Waals surface area contributed by atoms with Crippen molar-refractivity contribution in [3.8, 4) is 5.75 Å². The van der Waals surface area contributed by atoms with Gasteiger partial charge in [0.1, 0.15) is 11.5 Å². The van der Waals surface area contributed by atoms with E-state index in [0.29, 0.717) is 11.7 Å². The Morgan fingerprint density at radius 3 is 3.05 bits per heavy atom. The molecule has 3 aliphatic rings. The molecule has 0 bridgehead atoms. The topological polar surface area (TPSA) is 29.5 Å². The Labute approximate surface area is 115 Å². The van der Waals surface area contributed by atoms with E-state index >= 15 is 0 Å². The average Bonchev–Trinajstić information content (AvgIpc) is 2.63. The normalized spacial score (nSPS) is 27.1. The number of ether oxygens (including phenoxy) is 1. The van der Waals surface area contributed by atoms with Crippen molar-refractivity contribution in [2.75, 3.05) is 0 Å². The minimum Gasteiger partial charge on any atom is -0.508 e. The van der Waals surface area contributed by atoms with E-state index in [1.165, 1.54) is 10.5 Å².